The fourth-order valence-electron chi connectivity index (χ4n) is 1.61. The molecule has 1 rings (SSSR count). The number of nitrogens with zero attached hydrogens (tertiary/aromatic N) is 1. The van der Waals surface area contributed by atoms with E-state index < -0.39 is 0 Å². The van der Waals surface area contributed by atoms with Gasteiger partial charge in [-0.15, -0.1) is 0 Å². The lowest BCUT2D eigenvalue weighted by Gasteiger charge is -2.14. The Hall–Kier alpha value is -1.29. The summed E-state index contributed by atoms with van der Waals surface area (Å²) >= 11 is 5.97. The molecule has 0 fully saturated rings. The van der Waals surface area contributed by atoms with Crippen LogP contribution in [0.5, 0.6) is 0 Å². The Morgan fingerprint density at radius 1 is 1.42 bits per heavy atom. The molecule has 1 aromatic carbocycles. The first-order valence-electron chi connectivity index (χ1n) is 6.51. The maximum atomic E-state index is 12.9. The summed E-state index contributed by atoms with van der Waals surface area (Å²) in [6.07, 6.45) is 0.688. The van der Waals surface area contributed by atoms with Crippen molar-refractivity contribution in [2.24, 2.45) is 4.99 Å². The number of benzene rings is 1. The zero-order valence-electron chi connectivity index (χ0n) is 11.6. The van der Waals surface area contributed by atoms with E-state index in [1.54, 1.807) is 6.07 Å². The predicted molar refractivity (Wildman–Crippen MR) is 79.4 cm³/mol. The third kappa shape index (κ3) is 5.92. The molecule has 1 aromatic rings. The SMILES string of the molecule is CCNC(=NCCc1ccc(F)cc1Cl)NC(C)C. The van der Waals surface area contributed by atoms with Crippen LogP contribution in [0, 0.1) is 5.82 Å². The van der Waals surface area contributed by atoms with Gasteiger partial charge in [0, 0.05) is 24.2 Å². The van der Waals surface area contributed by atoms with Crippen molar-refractivity contribution in [3.63, 3.8) is 0 Å². The van der Waals surface area contributed by atoms with Gasteiger partial charge in [0.05, 0.1) is 0 Å². The third-order valence-electron chi connectivity index (χ3n) is 2.44. The van der Waals surface area contributed by atoms with Crippen LogP contribution in [0.2, 0.25) is 5.02 Å². The molecule has 19 heavy (non-hydrogen) atoms. The van der Waals surface area contributed by atoms with Crippen molar-refractivity contribution in [3.05, 3.63) is 34.6 Å². The Labute approximate surface area is 119 Å². The second-order valence-electron chi connectivity index (χ2n) is 4.55. The quantitative estimate of drug-likeness (QED) is 0.644. The number of aliphatic imine (C=N–C) groups is 1. The highest BCUT2D eigenvalue weighted by atomic mass is 35.5. The van der Waals surface area contributed by atoms with Crippen LogP contribution < -0.4 is 10.6 Å². The van der Waals surface area contributed by atoms with Crippen LogP contribution in [-0.4, -0.2) is 25.1 Å². The van der Waals surface area contributed by atoms with E-state index in [2.05, 4.69) is 29.5 Å². The number of nitrogens with one attached hydrogen (secondary N) is 2. The van der Waals surface area contributed by atoms with Crippen molar-refractivity contribution in [3.8, 4) is 0 Å². The maximum absolute atomic E-state index is 12.9. The van der Waals surface area contributed by atoms with Gasteiger partial charge in [0.15, 0.2) is 5.96 Å². The summed E-state index contributed by atoms with van der Waals surface area (Å²) < 4.78 is 12.9. The molecule has 0 radical (unpaired) electrons. The van der Waals surface area contributed by atoms with Crippen molar-refractivity contribution in [1.29, 1.82) is 0 Å². The van der Waals surface area contributed by atoms with Gasteiger partial charge in [-0.2, -0.15) is 0 Å². The lowest BCUT2D eigenvalue weighted by molar-refractivity contribution is 0.627. The molecule has 0 aliphatic carbocycles. The summed E-state index contributed by atoms with van der Waals surface area (Å²) in [6, 6.07) is 4.78. The van der Waals surface area contributed by atoms with E-state index in [1.807, 2.05) is 6.92 Å². The van der Waals surface area contributed by atoms with Gasteiger partial charge in [0.2, 0.25) is 0 Å². The molecule has 3 nitrogen and oxygen atoms in total. The van der Waals surface area contributed by atoms with Crippen LogP contribution in [0.3, 0.4) is 0 Å². The van der Waals surface area contributed by atoms with Crippen LogP contribution in [0.1, 0.15) is 26.3 Å². The first-order chi connectivity index (χ1) is 9.02. The third-order valence-corrected chi connectivity index (χ3v) is 2.79. The molecule has 0 aliphatic heterocycles. The van der Waals surface area contributed by atoms with Crippen LogP contribution in [0.15, 0.2) is 23.2 Å². The Morgan fingerprint density at radius 2 is 2.16 bits per heavy atom. The molecule has 0 saturated carbocycles. The minimum Gasteiger partial charge on any atom is -0.357 e. The number of hydrogen-bond donors (Lipinski definition) is 2. The van der Waals surface area contributed by atoms with E-state index in [0.717, 1.165) is 18.1 Å². The summed E-state index contributed by atoms with van der Waals surface area (Å²) in [5, 5.41) is 6.86. The van der Waals surface area contributed by atoms with Gasteiger partial charge in [0.1, 0.15) is 5.82 Å². The molecule has 2 N–H and O–H groups in total. The molecular formula is C14H21ClFN3. The molecule has 0 saturated heterocycles. The van der Waals surface area contributed by atoms with E-state index in [0.29, 0.717) is 24.0 Å². The zero-order valence-corrected chi connectivity index (χ0v) is 12.4. The predicted octanol–water partition coefficient (Wildman–Crippen LogP) is 2.99. The highest BCUT2D eigenvalue weighted by Gasteiger charge is 2.03. The second-order valence-corrected chi connectivity index (χ2v) is 4.95. The Morgan fingerprint density at radius 3 is 2.74 bits per heavy atom. The van der Waals surface area contributed by atoms with Crippen LogP contribution in [0.25, 0.3) is 0 Å². The topological polar surface area (TPSA) is 36.4 Å². The van der Waals surface area contributed by atoms with E-state index in [-0.39, 0.29) is 5.82 Å². The largest absolute Gasteiger partial charge is 0.357 e. The maximum Gasteiger partial charge on any atom is 0.191 e. The molecule has 0 amide bonds. The first-order valence-corrected chi connectivity index (χ1v) is 6.89. The molecular weight excluding hydrogens is 265 g/mol. The Bertz CT molecular complexity index is 433. The summed E-state index contributed by atoms with van der Waals surface area (Å²) in [7, 11) is 0. The fraction of sp³-hybridized carbons (Fsp3) is 0.500. The highest BCUT2D eigenvalue weighted by molar-refractivity contribution is 6.31. The summed E-state index contributed by atoms with van der Waals surface area (Å²) in [5.74, 6) is 0.475. The molecule has 0 atom stereocenters. The average molecular weight is 286 g/mol. The van der Waals surface area contributed by atoms with E-state index in [1.165, 1.54) is 12.1 Å². The van der Waals surface area contributed by atoms with E-state index in [9.17, 15) is 4.39 Å². The molecule has 0 aliphatic rings. The van der Waals surface area contributed by atoms with Gasteiger partial charge < -0.3 is 10.6 Å². The zero-order chi connectivity index (χ0) is 14.3. The fourth-order valence-corrected chi connectivity index (χ4v) is 1.87. The van der Waals surface area contributed by atoms with Crippen molar-refractivity contribution in [1.82, 2.24) is 10.6 Å². The molecule has 0 heterocycles. The molecule has 0 bridgehead atoms. The standard InChI is InChI=1S/C14H21ClFN3/c1-4-17-14(19-10(2)3)18-8-7-11-5-6-12(16)9-13(11)15/h5-6,9-10H,4,7-8H2,1-3H3,(H2,17,18,19). The van der Waals surface area contributed by atoms with Crippen molar-refractivity contribution in [2.45, 2.75) is 33.2 Å². The van der Waals surface area contributed by atoms with Crippen molar-refractivity contribution in [2.75, 3.05) is 13.1 Å². The van der Waals surface area contributed by atoms with Crippen molar-refractivity contribution >= 4 is 17.6 Å². The minimum absolute atomic E-state index is 0.313. The number of guanidine groups is 1. The van der Waals surface area contributed by atoms with Gasteiger partial charge in [-0.25, -0.2) is 4.39 Å². The van der Waals surface area contributed by atoms with Gasteiger partial charge >= 0.3 is 0 Å². The Kier molecular flexibility index (Phi) is 6.64. The lowest BCUT2D eigenvalue weighted by Crippen LogP contribution is -2.41. The van der Waals surface area contributed by atoms with Gasteiger partial charge in [-0.05, 0) is 44.9 Å². The smallest absolute Gasteiger partial charge is 0.191 e. The second kappa shape index (κ2) is 8.00. The Balaban J connectivity index is 2.58. The number of halogens is 2. The molecule has 106 valence electrons. The van der Waals surface area contributed by atoms with Crippen LogP contribution in [0.4, 0.5) is 4.39 Å². The van der Waals surface area contributed by atoms with Gasteiger partial charge in [-0.1, -0.05) is 17.7 Å². The average Bonchev–Trinajstić information content (AvgIpc) is 2.31. The van der Waals surface area contributed by atoms with Gasteiger partial charge in [-0.3, -0.25) is 4.99 Å². The van der Waals surface area contributed by atoms with Crippen molar-refractivity contribution < 1.29 is 4.39 Å². The molecule has 0 spiro atoms. The monoisotopic (exact) mass is 285 g/mol. The molecule has 0 aromatic heterocycles. The lowest BCUT2D eigenvalue weighted by atomic mass is 10.1. The minimum atomic E-state index is -0.313. The summed E-state index contributed by atoms with van der Waals surface area (Å²) in [5.41, 5.74) is 0.909. The van der Waals surface area contributed by atoms with Crippen LogP contribution >= 0.6 is 11.6 Å². The van der Waals surface area contributed by atoms with E-state index >= 15 is 0 Å². The summed E-state index contributed by atoms with van der Waals surface area (Å²) in [6.45, 7) is 7.56. The summed E-state index contributed by atoms with van der Waals surface area (Å²) in [4.78, 5) is 4.45. The number of hydrogen-bond acceptors (Lipinski definition) is 1. The first kappa shape index (κ1) is 15.8. The van der Waals surface area contributed by atoms with Crippen LogP contribution in [-0.2, 0) is 6.42 Å². The van der Waals surface area contributed by atoms with Gasteiger partial charge in [0.25, 0.3) is 0 Å². The molecule has 5 heteroatoms. The normalized spacial score (nSPS) is 11.8. The molecule has 0 unspecified atom stereocenters. The number of rotatable bonds is 5. The highest BCUT2D eigenvalue weighted by Crippen LogP contribution is 2.17. The van der Waals surface area contributed by atoms with E-state index in [4.69, 9.17) is 11.6 Å².